The Morgan fingerprint density at radius 3 is 2.92 bits per heavy atom. The molecule has 130 valence electrons. The fourth-order valence-corrected chi connectivity index (χ4v) is 3.53. The van der Waals surface area contributed by atoms with Crippen LogP contribution in [-0.4, -0.2) is 33.5 Å². The Labute approximate surface area is 147 Å². The van der Waals surface area contributed by atoms with E-state index < -0.39 is 0 Å². The van der Waals surface area contributed by atoms with Gasteiger partial charge in [0.1, 0.15) is 0 Å². The average Bonchev–Trinajstić information content (AvgIpc) is 3.35. The van der Waals surface area contributed by atoms with Crippen molar-refractivity contribution in [3.05, 3.63) is 60.0 Å². The number of H-pyrrole nitrogens is 2. The number of aromatic amines is 2. The molecule has 0 amide bonds. The van der Waals surface area contributed by atoms with Crippen LogP contribution in [0.25, 0.3) is 11.3 Å². The van der Waals surface area contributed by atoms with Gasteiger partial charge in [0, 0.05) is 42.9 Å². The average molecular weight is 337 g/mol. The lowest BCUT2D eigenvalue weighted by Gasteiger charge is -2.31. The second-order valence-electron chi connectivity index (χ2n) is 6.49. The molecule has 3 heterocycles. The maximum Gasteiger partial charge on any atom is 0.0895 e. The summed E-state index contributed by atoms with van der Waals surface area (Å²) in [6.07, 6.45) is 8.11. The molecule has 2 atom stereocenters. The molecule has 3 aromatic rings. The number of nitrogens with zero attached hydrogens (tertiary/aromatic N) is 2. The highest BCUT2D eigenvalue weighted by Crippen LogP contribution is 2.32. The third kappa shape index (κ3) is 3.65. The van der Waals surface area contributed by atoms with E-state index in [4.69, 9.17) is 4.74 Å². The van der Waals surface area contributed by atoms with Crippen molar-refractivity contribution in [2.24, 2.45) is 5.92 Å². The van der Waals surface area contributed by atoms with Gasteiger partial charge in [-0.1, -0.05) is 30.3 Å². The molecule has 4 rings (SSSR count). The molecular weight excluding hydrogens is 314 g/mol. The SMILES string of the molecule is c1ccc(-c2[nH]ncc2CNC[C@@H]2CCCO[C@H]2c2cn[nH]c2)cc1. The van der Waals surface area contributed by atoms with Gasteiger partial charge < -0.3 is 10.1 Å². The highest BCUT2D eigenvalue weighted by molar-refractivity contribution is 5.62. The van der Waals surface area contributed by atoms with E-state index in [1.54, 1.807) is 0 Å². The molecule has 0 spiro atoms. The van der Waals surface area contributed by atoms with Crippen molar-refractivity contribution >= 4 is 0 Å². The van der Waals surface area contributed by atoms with E-state index in [1.165, 1.54) is 12.0 Å². The maximum absolute atomic E-state index is 6.00. The van der Waals surface area contributed by atoms with Crippen molar-refractivity contribution in [1.82, 2.24) is 25.7 Å². The molecule has 1 aliphatic heterocycles. The van der Waals surface area contributed by atoms with Crippen LogP contribution in [0.3, 0.4) is 0 Å². The van der Waals surface area contributed by atoms with Gasteiger partial charge in [-0.05, 0) is 18.4 Å². The van der Waals surface area contributed by atoms with Crippen LogP contribution < -0.4 is 5.32 Å². The minimum absolute atomic E-state index is 0.123. The second kappa shape index (κ2) is 7.63. The fourth-order valence-electron chi connectivity index (χ4n) is 3.53. The quantitative estimate of drug-likeness (QED) is 0.646. The maximum atomic E-state index is 6.00. The van der Waals surface area contributed by atoms with E-state index in [1.807, 2.05) is 36.8 Å². The van der Waals surface area contributed by atoms with E-state index in [9.17, 15) is 0 Å². The van der Waals surface area contributed by atoms with Gasteiger partial charge in [-0.3, -0.25) is 10.2 Å². The summed E-state index contributed by atoms with van der Waals surface area (Å²) in [5, 5.41) is 17.9. The molecule has 6 nitrogen and oxygen atoms in total. The molecule has 0 aliphatic carbocycles. The third-order valence-corrected chi connectivity index (χ3v) is 4.80. The Balaban J connectivity index is 1.39. The first-order valence-corrected chi connectivity index (χ1v) is 8.80. The topological polar surface area (TPSA) is 78.6 Å². The number of ether oxygens (including phenoxy) is 1. The normalized spacial score (nSPS) is 20.6. The molecule has 25 heavy (non-hydrogen) atoms. The number of hydrogen-bond acceptors (Lipinski definition) is 4. The van der Waals surface area contributed by atoms with Crippen molar-refractivity contribution in [1.29, 1.82) is 0 Å². The summed E-state index contributed by atoms with van der Waals surface area (Å²) in [5.74, 6) is 0.457. The van der Waals surface area contributed by atoms with Gasteiger partial charge in [0.25, 0.3) is 0 Å². The Hall–Kier alpha value is -2.44. The lowest BCUT2D eigenvalue weighted by Crippen LogP contribution is -2.31. The largest absolute Gasteiger partial charge is 0.373 e. The van der Waals surface area contributed by atoms with Crippen molar-refractivity contribution in [2.75, 3.05) is 13.2 Å². The van der Waals surface area contributed by atoms with Crippen LogP contribution in [0.4, 0.5) is 0 Å². The number of aromatic nitrogens is 4. The minimum Gasteiger partial charge on any atom is -0.373 e. The number of benzene rings is 1. The molecule has 2 aromatic heterocycles. The molecule has 1 saturated heterocycles. The van der Waals surface area contributed by atoms with Gasteiger partial charge in [0.2, 0.25) is 0 Å². The standard InChI is InChI=1S/C19H23N5O/c1-2-5-14(6-3-1)18-16(11-23-24-18)10-20-9-15-7-4-8-25-19(15)17-12-21-22-13-17/h1-3,5-6,11-13,15,19-20H,4,7-10H2,(H,21,22)(H,23,24)/t15-,19+/m0/s1. The minimum atomic E-state index is 0.123. The summed E-state index contributed by atoms with van der Waals surface area (Å²) < 4.78 is 6.00. The molecule has 3 N–H and O–H groups in total. The summed E-state index contributed by atoms with van der Waals surface area (Å²) in [6, 6.07) is 10.3. The van der Waals surface area contributed by atoms with E-state index in [-0.39, 0.29) is 6.10 Å². The smallest absolute Gasteiger partial charge is 0.0895 e. The Morgan fingerprint density at radius 1 is 1.16 bits per heavy atom. The van der Waals surface area contributed by atoms with Crippen LogP contribution in [0, 0.1) is 5.92 Å². The van der Waals surface area contributed by atoms with Gasteiger partial charge in [0.15, 0.2) is 0 Å². The molecule has 0 bridgehead atoms. The summed E-state index contributed by atoms with van der Waals surface area (Å²) in [7, 11) is 0. The molecule has 1 fully saturated rings. The molecule has 1 aliphatic rings. The lowest BCUT2D eigenvalue weighted by molar-refractivity contribution is -0.0278. The van der Waals surface area contributed by atoms with Crippen LogP contribution in [0.1, 0.15) is 30.1 Å². The van der Waals surface area contributed by atoms with Gasteiger partial charge in [-0.2, -0.15) is 10.2 Å². The van der Waals surface area contributed by atoms with E-state index >= 15 is 0 Å². The first kappa shape index (κ1) is 16.1. The summed E-state index contributed by atoms with van der Waals surface area (Å²) in [5.41, 5.74) is 4.57. The Morgan fingerprint density at radius 2 is 2.08 bits per heavy atom. The predicted octanol–water partition coefficient (Wildman–Crippen LogP) is 3.06. The van der Waals surface area contributed by atoms with Crippen molar-refractivity contribution in [2.45, 2.75) is 25.5 Å². The van der Waals surface area contributed by atoms with Crippen LogP contribution in [0.15, 0.2) is 48.9 Å². The van der Waals surface area contributed by atoms with Crippen LogP contribution in [0.2, 0.25) is 0 Å². The zero-order valence-electron chi connectivity index (χ0n) is 14.1. The van der Waals surface area contributed by atoms with Gasteiger partial charge in [0.05, 0.1) is 24.2 Å². The van der Waals surface area contributed by atoms with E-state index in [2.05, 4.69) is 37.8 Å². The molecule has 0 unspecified atom stereocenters. The zero-order valence-corrected chi connectivity index (χ0v) is 14.1. The summed E-state index contributed by atoms with van der Waals surface area (Å²) >= 11 is 0. The Kier molecular flexibility index (Phi) is 4.90. The first-order valence-electron chi connectivity index (χ1n) is 8.80. The van der Waals surface area contributed by atoms with Gasteiger partial charge in [-0.15, -0.1) is 0 Å². The van der Waals surface area contributed by atoms with Crippen molar-refractivity contribution in [3.63, 3.8) is 0 Å². The zero-order chi connectivity index (χ0) is 16.9. The lowest BCUT2D eigenvalue weighted by atomic mass is 9.91. The second-order valence-corrected chi connectivity index (χ2v) is 6.49. The Bertz CT molecular complexity index is 768. The van der Waals surface area contributed by atoms with Crippen LogP contribution in [-0.2, 0) is 11.3 Å². The number of hydrogen-bond donors (Lipinski definition) is 3. The summed E-state index contributed by atoms with van der Waals surface area (Å²) in [6.45, 7) is 2.52. The molecular formula is C19H23N5O. The monoisotopic (exact) mass is 337 g/mol. The molecule has 1 aromatic carbocycles. The van der Waals surface area contributed by atoms with Crippen molar-refractivity contribution in [3.8, 4) is 11.3 Å². The van der Waals surface area contributed by atoms with Crippen LogP contribution in [0.5, 0.6) is 0 Å². The van der Waals surface area contributed by atoms with E-state index in [0.717, 1.165) is 42.9 Å². The van der Waals surface area contributed by atoms with Gasteiger partial charge >= 0.3 is 0 Å². The first-order chi connectivity index (χ1) is 12.4. The third-order valence-electron chi connectivity index (χ3n) is 4.80. The highest BCUT2D eigenvalue weighted by Gasteiger charge is 2.27. The number of nitrogens with one attached hydrogen (secondary N) is 3. The van der Waals surface area contributed by atoms with E-state index in [0.29, 0.717) is 5.92 Å². The van der Waals surface area contributed by atoms with Gasteiger partial charge in [-0.25, -0.2) is 0 Å². The molecule has 0 radical (unpaired) electrons. The predicted molar refractivity (Wildman–Crippen MR) is 95.7 cm³/mol. The summed E-state index contributed by atoms with van der Waals surface area (Å²) in [4.78, 5) is 0. The molecule has 0 saturated carbocycles. The van der Waals surface area contributed by atoms with Crippen LogP contribution >= 0.6 is 0 Å². The highest BCUT2D eigenvalue weighted by atomic mass is 16.5. The fraction of sp³-hybridized carbons (Fsp3) is 0.368. The molecule has 6 heteroatoms. The number of rotatable bonds is 6. The van der Waals surface area contributed by atoms with Crippen molar-refractivity contribution < 1.29 is 4.74 Å².